The number of nitrogens with zero attached hydrogens (tertiary/aromatic N) is 2. The lowest BCUT2D eigenvalue weighted by Gasteiger charge is -2.24. The monoisotopic (exact) mass is 408 g/mol. The highest BCUT2D eigenvalue weighted by molar-refractivity contribution is 8.01. The number of para-hydroxylation sites is 2. The minimum atomic E-state index is -3.64. The van der Waals surface area contributed by atoms with E-state index in [1.165, 1.54) is 23.1 Å². The molecule has 1 N–H and O–H groups in total. The molecule has 3 aromatic rings. The predicted octanol–water partition coefficient (Wildman–Crippen LogP) is 4.86. The standard InChI is InChI=1S/C18H20N2O3S3/c1-3-19-13-9-5-7-11-15(13)24-17(19)23-26(21,22)18-20(4-2)14-10-6-8-12-16(14)25-18/h5-12,17H,3-4H2,1-2H3,(H,21,22). The smallest absolute Gasteiger partial charge is 0.239 e. The number of thiazole rings is 1. The Morgan fingerprint density at radius 3 is 2.62 bits per heavy atom. The zero-order valence-corrected chi connectivity index (χ0v) is 16.9. The molecule has 2 unspecified atom stereocenters. The van der Waals surface area contributed by atoms with Crippen molar-refractivity contribution in [2.45, 2.75) is 30.8 Å². The molecule has 0 aliphatic carbocycles. The number of anilines is 1. The third-order valence-electron chi connectivity index (χ3n) is 4.32. The van der Waals surface area contributed by atoms with Gasteiger partial charge in [0.1, 0.15) is 0 Å². The maximum Gasteiger partial charge on any atom is 0.239 e. The maximum atomic E-state index is 13.2. The largest absolute Gasteiger partial charge is 0.336 e. The first kappa shape index (κ1) is 17.9. The van der Waals surface area contributed by atoms with Crippen molar-refractivity contribution in [2.75, 3.05) is 11.4 Å². The number of aryl methyl sites for hydroxylation is 1. The molecule has 1 aliphatic rings. The summed E-state index contributed by atoms with van der Waals surface area (Å²) >= 11 is 2.79. The van der Waals surface area contributed by atoms with Gasteiger partial charge in [-0.05, 0) is 38.1 Å². The van der Waals surface area contributed by atoms with Gasteiger partial charge in [-0.25, -0.2) is 8.39 Å². The second-order valence-electron chi connectivity index (χ2n) is 5.83. The van der Waals surface area contributed by atoms with Crippen LogP contribution in [0.3, 0.4) is 0 Å². The van der Waals surface area contributed by atoms with Crippen LogP contribution in [0.1, 0.15) is 13.8 Å². The fourth-order valence-corrected chi connectivity index (χ4v) is 7.35. The van der Waals surface area contributed by atoms with Gasteiger partial charge in [0.2, 0.25) is 19.6 Å². The molecule has 2 heterocycles. The molecular weight excluding hydrogens is 388 g/mol. The fourth-order valence-electron chi connectivity index (χ4n) is 3.13. The lowest BCUT2D eigenvalue weighted by molar-refractivity contribution is 0.273. The molecule has 5 nitrogen and oxygen atoms in total. The van der Waals surface area contributed by atoms with E-state index in [9.17, 15) is 8.76 Å². The van der Waals surface area contributed by atoms with Gasteiger partial charge in [-0.1, -0.05) is 36.0 Å². The minimum Gasteiger partial charge on any atom is -0.336 e. The number of hydrogen-bond acceptors (Lipinski definition) is 5. The second kappa shape index (κ2) is 6.94. The molecular formula is C18H20N2O3S3. The number of fused-ring (bicyclic) bond motifs is 2. The molecule has 2 atom stereocenters. The highest BCUT2D eigenvalue weighted by Crippen LogP contribution is 2.44. The highest BCUT2D eigenvalue weighted by atomic mass is 32.3. The molecule has 0 saturated heterocycles. The Bertz CT molecular complexity index is 1110. The molecule has 1 aromatic heterocycles. The number of rotatable bonds is 4. The van der Waals surface area contributed by atoms with E-state index >= 15 is 0 Å². The van der Waals surface area contributed by atoms with Crippen LogP contribution in [0.2, 0.25) is 0 Å². The van der Waals surface area contributed by atoms with Gasteiger partial charge in [0.15, 0.2) is 0 Å². The lowest BCUT2D eigenvalue weighted by atomic mass is 10.3. The summed E-state index contributed by atoms with van der Waals surface area (Å²) in [6.45, 7) is 5.29. The molecule has 0 radical (unpaired) electrons. The fraction of sp³-hybridized carbons (Fsp3) is 0.278. The Kier molecular flexibility index (Phi) is 4.79. The third kappa shape index (κ3) is 2.95. The summed E-state index contributed by atoms with van der Waals surface area (Å²) in [5.41, 5.74) is 1.47. The van der Waals surface area contributed by atoms with Crippen LogP contribution in [0.15, 0.2) is 53.4 Å². The van der Waals surface area contributed by atoms with Crippen LogP contribution in [0, 0.1) is 3.95 Å². The molecule has 138 valence electrons. The zero-order chi connectivity index (χ0) is 18.3. The van der Waals surface area contributed by atoms with Gasteiger partial charge in [-0.3, -0.25) is 4.55 Å². The van der Waals surface area contributed by atoms with Crippen LogP contribution in [0.4, 0.5) is 5.69 Å². The first-order valence-corrected chi connectivity index (χ1v) is 11.6. The van der Waals surface area contributed by atoms with Crippen molar-refractivity contribution in [3.63, 3.8) is 0 Å². The van der Waals surface area contributed by atoms with E-state index in [4.69, 9.17) is 4.18 Å². The summed E-state index contributed by atoms with van der Waals surface area (Å²) in [4.78, 5) is 3.08. The summed E-state index contributed by atoms with van der Waals surface area (Å²) in [5.74, 6) is 0. The summed E-state index contributed by atoms with van der Waals surface area (Å²) < 4.78 is 33.0. The molecule has 0 fully saturated rings. The molecule has 0 amide bonds. The van der Waals surface area contributed by atoms with E-state index in [-0.39, 0.29) is 0 Å². The number of thioether (sulfide) groups is 1. The van der Waals surface area contributed by atoms with E-state index in [2.05, 4.69) is 0 Å². The Balaban J connectivity index is 1.81. The molecule has 1 aliphatic heterocycles. The maximum absolute atomic E-state index is 13.2. The summed E-state index contributed by atoms with van der Waals surface area (Å²) in [7, 11) is -3.64. The number of benzene rings is 2. The highest BCUT2D eigenvalue weighted by Gasteiger charge is 2.32. The Labute approximate surface area is 161 Å². The molecule has 26 heavy (non-hydrogen) atoms. The van der Waals surface area contributed by atoms with Crippen molar-refractivity contribution >= 4 is 49.1 Å². The van der Waals surface area contributed by atoms with Gasteiger partial charge < -0.3 is 9.47 Å². The van der Waals surface area contributed by atoms with E-state index < -0.39 is 15.6 Å². The average molecular weight is 409 g/mol. The van der Waals surface area contributed by atoms with Crippen LogP contribution in [-0.4, -0.2) is 25.4 Å². The Morgan fingerprint density at radius 2 is 1.85 bits per heavy atom. The SMILES string of the molecule is CCN1c2ccccc2SC1OS(=O)(O)=c1sc2ccccc2n1CC. The molecule has 8 heteroatoms. The van der Waals surface area contributed by atoms with Crippen molar-refractivity contribution in [1.29, 1.82) is 0 Å². The van der Waals surface area contributed by atoms with E-state index in [1.807, 2.05) is 71.8 Å². The normalized spacial score (nSPS) is 18.9. The van der Waals surface area contributed by atoms with Crippen LogP contribution >= 0.6 is 23.1 Å². The number of aromatic nitrogens is 1. The van der Waals surface area contributed by atoms with Crippen LogP contribution in [0.5, 0.6) is 0 Å². The number of hydrogen-bond donors (Lipinski definition) is 1. The van der Waals surface area contributed by atoms with Crippen molar-refractivity contribution in [1.82, 2.24) is 4.57 Å². The van der Waals surface area contributed by atoms with Crippen molar-refractivity contribution < 1.29 is 12.9 Å². The summed E-state index contributed by atoms with van der Waals surface area (Å²) in [6, 6.07) is 15.8. The van der Waals surface area contributed by atoms with Crippen LogP contribution < -0.4 is 4.90 Å². The van der Waals surface area contributed by atoms with E-state index in [0.717, 1.165) is 20.8 Å². The minimum absolute atomic E-state index is 0.355. The topological polar surface area (TPSA) is 54.7 Å². The van der Waals surface area contributed by atoms with Gasteiger partial charge >= 0.3 is 0 Å². The first-order valence-electron chi connectivity index (χ1n) is 8.43. The summed E-state index contributed by atoms with van der Waals surface area (Å²) in [5, 5.41) is 0. The van der Waals surface area contributed by atoms with Gasteiger partial charge in [0.25, 0.3) is 0 Å². The van der Waals surface area contributed by atoms with Crippen LogP contribution in [-0.2, 0) is 20.8 Å². The molecule has 0 saturated carbocycles. The average Bonchev–Trinajstić information content (AvgIpc) is 3.18. The van der Waals surface area contributed by atoms with Gasteiger partial charge in [-0.2, -0.15) is 0 Å². The van der Waals surface area contributed by atoms with E-state index in [0.29, 0.717) is 17.0 Å². The van der Waals surface area contributed by atoms with Gasteiger partial charge in [0, 0.05) is 18.0 Å². The second-order valence-corrected chi connectivity index (χ2v) is 9.73. The summed E-state index contributed by atoms with van der Waals surface area (Å²) in [6.07, 6.45) is 0. The molecule has 4 rings (SSSR count). The molecule has 0 spiro atoms. The lowest BCUT2D eigenvalue weighted by Crippen LogP contribution is -2.33. The van der Waals surface area contributed by atoms with Crippen molar-refractivity contribution in [2.24, 2.45) is 0 Å². The molecule has 2 aromatic carbocycles. The van der Waals surface area contributed by atoms with Crippen LogP contribution in [0.25, 0.3) is 10.2 Å². The quantitative estimate of drug-likeness (QED) is 0.625. The van der Waals surface area contributed by atoms with Gasteiger partial charge in [0.05, 0.1) is 15.9 Å². The molecule has 0 bridgehead atoms. The Hall–Kier alpha value is -1.45. The van der Waals surface area contributed by atoms with Crippen molar-refractivity contribution in [3.8, 4) is 0 Å². The van der Waals surface area contributed by atoms with Gasteiger partial charge in [-0.15, -0.1) is 11.3 Å². The predicted molar refractivity (Wildman–Crippen MR) is 110 cm³/mol. The zero-order valence-electron chi connectivity index (χ0n) is 14.5. The van der Waals surface area contributed by atoms with E-state index in [1.54, 1.807) is 0 Å². The third-order valence-corrected chi connectivity index (χ3v) is 8.54. The first-order chi connectivity index (χ1) is 12.5. The Morgan fingerprint density at radius 1 is 1.12 bits per heavy atom. The van der Waals surface area contributed by atoms with Crippen molar-refractivity contribution in [3.05, 3.63) is 52.5 Å².